The molecule has 112 valence electrons. The molecule has 0 fully saturated rings. The highest BCUT2D eigenvalue weighted by Gasteiger charge is 2.22. The van der Waals surface area contributed by atoms with Crippen LogP contribution in [-0.4, -0.2) is 22.4 Å². The molecule has 3 rings (SSSR count). The number of nitrogens with zero attached hydrogens (tertiary/aromatic N) is 3. The van der Waals surface area contributed by atoms with Crippen molar-refractivity contribution >= 4 is 32.6 Å². The Morgan fingerprint density at radius 3 is 2.59 bits per heavy atom. The maximum atomic E-state index is 12.8. The molecule has 0 spiro atoms. The van der Waals surface area contributed by atoms with Gasteiger partial charge in [0.25, 0.3) is 5.91 Å². The number of fused-ring (bicyclic) bond motifs is 1. The number of para-hydroxylation sites is 1. The molecule has 0 bridgehead atoms. The molecule has 0 aliphatic rings. The zero-order valence-electron chi connectivity index (χ0n) is 12.6. The molecule has 1 aromatic carbocycles. The molecule has 22 heavy (non-hydrogen) atoms. The van der Waals surface area contributed by atoms with Crippen LogP contribution in [0.25, 0.3) is 10.2 Å². The van der Waals surface area contributed by atoms with Crippen molar-refractivity contribution in [2.24, 2.45) is 5.92 Å². The Morgan fingerprint density at radius 1 is 1.18 bits per heavy atom. The van der Waals surface area contributed by atoms with Crippen molar-refractivity contribution in [3.05, 3.63) is 54.4 Å². The third kappa shape index (κ3) is 2.99. The first-order valence-corrected chi connectivity index (χ1v) is 8.04. The normalized spacial score (nSPS) is 11.0. The summed E-state index contributed by atoms with van der Waals surface area (Å²) in [5.74, 6) is 0.327. The minimum absolute atomic E-state index is 0.0323. The van der Waals surface area contributed by atoms with Crippen LogP contribution in [-0.2, 0) is 0 Å². The molecule has 0 saturated carbocycles. The molecule has 2 aromatic heterocycles. The predicted molar refractivity (Wildman–Crippen MR) is 90.4 cm³/mol. The lowest BCUT2D eigenvalue weighted by molar-refractivity contribution is 0.0984. The summed E-state index contributed by atoms with van der Waals surface area (Å²) in [7, 11) is 0. The number of carbonyl (C=O) groups excluding carboxylic acids is 1. The monoisotopic (exact) mass is 311 g/mol. The SMILES string of the molecule is CC(C)CN(C(=O)c1ccncc1)c1nc2ccccc2s1. The third-order valence-corrected chi connectivity index (χ3v) is 4.29. The number of pyridine rings is 1. The zero-order valence-corrected chi connectivity index (χ0v) is 13.4. The van der Waals surface area contributed by atoms with Crippen molar-refractivity contribution in [3.8, 4) is 0 Å². The van der Waals surface area contributed by atoms with Gasteiger partial charge in [0.05, 0.1) is 10.2 Å². The van der Waals surface area contributed by atoms with E-state index in [1.165, 1.54) is 0 Å². The maximum Gasteiger partial charge on any atom is 0.260 e. The van der Waals surface area contributed by atoms with E-state index in [1.54, 1.807) is 40.8 Å². The van der Waals surface area contributed by atoms with E-state index in [9.17, 15) is 4.79 Å². The van der Waals surface area contributed by atoms with Gasteiger partial charge in [-0.3, -0.25) is 14.7 Å². The minimum atomic E-state index is -0.0323. The second-order valence-electron chi connectivity index (χ2n) is 5.51. The average Bonchev–Trinajstić information content (AvgIpc) is 2.96. The lowest BCUT2D eigenvalue weighted by Gasteiger charge is -2.21. The number of thiazole rings is 1. The Labute approximate surface area is 133 Å². The van der Waals surface area contributed by atoms with Crippen LogP contribution in [0.3, 0.4) is 0 Å². The van der Waals surface area contributed by atoms with E-state index in [2.05, 4.69) is 23.8 Å². The molecule has 0 unspecified atom stereocenters. The van der Waals surface area contributed by atoms with Crippen LogP contribution >= 0.6 is 11.3 Å². The smallest absolute Gasteiger partial charge is 0.260 e. The number of amides is 1. The average molecular weight is 311 g/mol. The predicted octanol–water partition coefficient (Wildman–Crippen LogP) is 3.99. The number of hydrogen-bond donors (Lipinski definition) is 0. The third-order valence-electron chi connectivity index (χ3n) is 3.23. The standard InChI is InChI=1S/C17H17N3OS/c1-12(2)11-20(16(21)13-7-9-18-10-8-13)17-19-14-5-3-4-6-15(14)22-17/h3-10,12H,11H2,1-2H3. The van der Waals surface area contributed by atoms with Gasteiger partial charge in [0.2, 0.25) is 0 Å². The molecule has 3 aromatic rings. The number of aromatic nitrogens is 2. The van der Waals surface area contributed by atoms with Gasteiger partial charge in [-0.2, -0.15) is 0 Å². The summed E-state index contributed by atoms with van der Waals surface area (Å²) in [6.07, 6.45) is 3.28. The van der Waals surface area contributed by atoms with Crippen molar-refractivity contribution in [1.29, 1.82) is 0 Å². The Balaban J connectivity index is 2.00. The Hall–Kier alpha value is -2.27. The summed E-state index contributed by atoms with van der Waals surface area (Å²) in [5.41, 5.74) is 1.56. The number of benzene rings is 1. The Bertz CT molecular complexity index is 750. The zero-order chi connectivity index (χ0) is 15.5. The van der Waals surface area contributed by atoms with E-state index in [1.807, 2.05) is 24.3 Å². The molecule has 0 radical (unpaired) electrons. The molecule has 4 nitrogen and oxygen atoms in total. The fourth-order valence-corrected chi connectivity index (χ4v) is 3.21. The first-order chi connectivity index (χ1) is 10.6. The lowest BCUT2D eigenvalue weighted by atomic mass is 10.2. The van der Waals surface area contributed by atoms with Crippen molar-refractivity contribution in [2.45, 2.75) is 13.8 Å². The first-order valence-electron chi connectivity index (χ1n) is 7.22. The fourth-order valence-electron chi connectivity index (χ4n) is 2.24. The van der Waals surface area contributed by atoms with Gasteiger partial charge in [-0.15, -0.1) is 0 Å². The molecule has 2 heterocycles. The van der Waals surface area contributed by atoms with Crippen molar-refractivity contribution in [3.63, 3.8) is 0 Å². The van der Waals surface area contributed by atoms with Crippen LogP contribution in [0.1, 0.15) is 24.2 Å². The highest BCUT2D eigenvalue weighted by Crippen LogP contribution is 2.30. The molecule has 5 heteroatoms. The van der Waals surface area contributed by atoms with Crippen molar-refractivity contribution in [2.75, 3.05) is 11.4 Å². The largest absolute Gasteiger partial charge is 0.284 e. The maximum absolute atomic E-state index is 12.8. The van der Waals surface area contributed by atoms with E-state index in [0.717, 1.165) is 15.3 Å². The second-order valence-corrected chi connectivity index (χ2v) is 6.52. The van der Waals surface area contributed by atoms with E-state index in [-0.39, 0.29) is 5.91 Å². The molecule has 0 N–H and O–H groups in total. The number of anilines is 1. The topological polar surface area (TPSA) is 46.1 Å². The van der Waals surface area contributed by atoms with Gasteiger partial charge in [0.15, 0.2) is 5.13 Å². The fraction of sp³-hybridized carbons (Fsp3) is 0.235. The van der Waals surface area contributed by atoms with Crippen LogP contribution in [0, 0.1) is 5.92 Å². The number of carbonyl (C=O) groups is 1. The summed E-state index contributed by atoms with van der Waals surface area (Å²) < 4.78 is 1.09. The summed E-state index contributed by atoms with van der Waals surface area (Å²) in [6, 6.07) is 11.4. The summed E-state index contributed by atoms with van der Waals surface area (Å²) >= 11 is 1.55. The lowest BCUT2D eigenvalue weighted by Crippen LogP contribution is -2.34. The van der Waals surface area contributed by atoms with E-state index in [0.29, 0.717) is 18.0 Å². The van der Waals surface area contributed by atoms with Gasteiger partial charge in [0.1, 0.15) is 0 Å². The van der Waals surface area contributed by atoms with Crippen LogP contribution in [0.2, 0.25) is 0 Å². The van der Waals surface area contributed by atoms with Crippen LogP contribution < -0.4 is 4.90 Å². The van der Waals surface area contributed by atoms with Crippen molar-refractivity contribution < 1.29 is 4.79 Å². The van der Waals surface area contributed by atoms with Gasteiger partial charge in [-0.05, 0) is 30.2 Å². The van der Waals surface area contributed by atoms with Crippen LogP contribution in [0.5, 0.6) is 0 Å². The number of hydrogen-bond acceptors (Lipinski definition) is 4. The van der Waals surface area contributed by atoms with Crippen LogP contribution in [0.15, 0.2) is 48.8 Å². The van der Waals surface area contributed by atoms with E-state index < -0.39 is 0 Å². The molecular weight excluding hydrogens is 294 g/mol. The quantitative estimate of drug-likeness (QED) is 0.732. The highest BCUT2D eigenvalue weighted by atomic mass is 32.1. The highest BCUT2D eigenvalue weighted by molar-refractivity contribution is 7.22. The molecule has 0 saturated heterocycles. The Morgan fingerprint density at radius 2 is 1.91 bits per heavy atom. The summed E-state index contributed by atoms with van der Waals surface area (Å²) in [4.78, 5) is 23.2. The summed E-state index contributed by atoms with van der Waals surface area (Å²) in [5, 5.41) is 0.747. The molecule has 0 aliphatic carbocycles. The second kappa shape index (κ2) is 6.23. The molecule has 0 atom stereocenters. The van der Waals surface area contributed by atoms with E-state index >= 15 is 0 Å². The molecule has 1 amide bonds. The van der Waals surface area contributed by atoms with Gasteiger partial charge >= 0.3 is 0 Å². The van der Waals surface area contributed by atoms with E-state index in [4.69, 9.17) is 0 Å². The Kier molecular flexibility index (Phi) is 4.15. The first kappa shape index (κ1) is 14.7. The van der Waals surface area contributed by atoms with Gasteiger partial charge in [0, 0.05) is 24.5 Å². The number of rotatable bonds is 4. The van der Waals surface area contributed by atoms with Gasteiger partial charge in [-0.25, -0.2) is 4.98 Å². The summed E-state index contributed by atoms with van der Waals surface area (Å²) in [6.45, 7) is 4.83. The molecule has 0 aliphatic heterocycles. The molecular formula is C17H17N3OS. The van der Waals surface area contributed by atoms with Gasteiger partial charge in [-0.1, -0.05) is 37.3 Å². The van der Waals surface area contributed by atoms with Crippen molar-refractivity contribution in [1.82, 2.24) is 9.97 Å². The van der Waals surface area contributed by atoms with Gasteiger partial charge < -0.3 is 0 Å². The van der Waals surface area contributed by atoms with Crippen LogP contribution in [0.4, 0.5) is 5.13 Å². The minimum Gasteiger partial charge on any atom is -0.284 e.